The number of rotatable bonds is 6. The van der Waals surface area contributed by atoms with E-state index in [0.29, 0.717) is 17.2 Å². The summed E-state index contributed by atoms with van der Waals surface area (Å²) in [5, 5.41) is 2.63. The molecule has 4 nitrogen and oxygen atoms in total. The van der Waals surface area contributed by atoms with Crippen LogP contribution >= 0.6 is 0 Å². The fraction of sp³-hybridized carbons (Fsp3) is 0.0952. The van der Waals surface area contributed by atoms with Gasteiger partial charge in [-0.3, -0.25) is 4.79 Å². The van der Waals surface area contributed by atoms with Gasteiger partial charge in [-0.1, -0.05) is 36.4 Å². The predicted molar refractivity (Wildman–Crippen MR) is 98.5 cm³/mol. The lowest BCUT2D eigenvalue weighted by molar-refractivity contribution is -0.137. The summed E-state index contributed by atoms with van der Waals surface area (Å²) in [5.74, 6) is 0.464. The van der Waals surface area contributed by atoms with E-state index in [-0.39, 0.29) is 5.75 Å². The molecule has 0 aliphatic carbocycles. The molecule has 0 saturated heterocycles. The zero-order valence-electron chi connectivity index (χ0n) is 14.6. The number of hydrogen-bond acceptors (Lipinski definition) is 3. The minimum Gasteiger partial charge on any atom is -0.484 e. The lowest BCUT2D eigenvalue weighted by Gasteiger charge is -2.13. The summed E-state index contributed by atoms with van der Waals surface area (Å²) in [6.45, 7) is -0.443. The SMILES string of the molecule is O=C(COc1cccc(C(F)(F)F)c1)Nc1ccccc1Oc1ccccc1. The highest BCUT2D eigenvalue weighted by Gasteiger charge is 2.30. The number of carbonyl (C=O) groups excluding carboxylic acids is 1. The minimum atomic E-state index is -4.48. The molecule has 7 heteroatoms. The molecule has 0 spiro atoms. The van der Waals surface area contributed by atoms with Gasteiger partial charge in [0.1, 0.15) is 11.5 Å². The predicted octanol–water partition coefficient (Wildman–Crippen LogP) is 5.52. The van der Waals surface area contributed by atoms with Crippen molar-refractivity contribution < 1.29 is 27.4 Å². The van der Waals surface area contributed by atoms with Gasteiger partial charge < -0.3 is 14.8 Å². The first-order chi connectivity index (χ1) is 13.4. The molecule has 0 aliphatic rings. The lowest BCUT2D eigenvalue weighted by atomic mass is 10.2. The van der Waals surface area contributed by atoms with Gasteiger partial charge in [-0.05, 0) is 42.5 Å². The quantitative estimate of drug-likeness (QED) is 0.606. The van der Waals surface area contributed by atoms with Crippen molar-refractivity contribution in [3.05, 3.63) is 84.4 Å². The molecular weight excluding hydrogens is 371 g/mol. The van der Waals surface area contributed by atoms with Crippen molar-refractivity contribution >= 4 is 11.6 Å². The van der Waals surface area contributed by atoms with Crippen LogP contribution < -0.4 is 14.8 Å². The maximum atomic E-state index is 12.7. The Morgan fingerprint density at radius 1 is 0.857 bits per heavy atom. The summed E-state index contributed by atoms with van der Waals surface area (Å²) < 4.78 is 49.1. The second kappa shape index (κ2) is 8.47. The molecule has 0 unspecified atom stereocenters. The van der Waals surface area contributed by atoms with Crippen molar-refractivity contribution in [3.8, 4) is 17.2 Å². The number of anilines is 1. The summed E-state index contributed by atoms with van der Waals surface area (Å²) in [4.78, 5) is 12.2. The third-order valence-corrected chi connectivity index (χ3v) is 3.66. The normalized spacial score (nSPS) is 11.0. The number of ether oxygens (including phenoxy) is 2. The van der Waals surface area contributed by atoms with E-state index >= 15 is 0 Å². The summed E-state index contributed by atoms with van der Waals surface area (Å²) in [7, 11) is 0. The summed E-state index contributed by atoms with van der Waals surface area (Å²) in [5.41, 5.74) is -0.420. The molecule has 3 aromatic carbocycles. The van der Waals surface area contributed by atoms with Crippen molar-refractivity contribution in [2.75, 3.05) is 11.9 Å². The van der Waals surface area contributed by atoms with Crippen LogP contribution in [0, 0.1) is 0 Å². The van der Waals surface area contributed by atoms with Crippen molar-refractivity contribution in [2.45, 2.75) is 6.18 Å². The molecule has 3 aromatic rings. The van der Waals surface area contributed by atoms with Gasteiger partial charge in [0.2, 0.25) is 0 Å². The molecule has 1 N–H and O–H groups in total. The minimum absolute atomic E-state index is 0.0428. The van der Waals surface area contributed by atoms with E-state index in [1.54, 1.807) is 36.4 Å². The number of hydrogen-bond donors (Lipinski definition) is 1. The summed E-state index contributed by atoms with van der Waals surface area (Å²) in [6, 6.07) is 20.2. The topological polar surface area (TPSA) is 47.6 Å². The second-order valence-electron chi connectivity index (χ2n) is 5.77. The number of alkyl halides is 3. The van der Waals surface area contributed by atoms with Gasteiger partial charge in [0.05, 0.1) is 11.3 Å². The van der Waals surface area contributed by atoms with Gasteiger partial charge in [-0.2, -0.15) is 13.2 Å². The Kier molecular flexibility index (Phi) is 5.84. The molecule has 144 valence electrons. The van der Waals surface area contributed by atoms with E-state index in [1.165, 1.54) is 12.1 Å². The van der Waals surface area contributed by atoms with Gasteiger partial charge in [-0.25, -0.2) is 0 Å². The molecule has 0 aromatic heterocycles. The molecule has 0 atom stereocenters. The lowest BCUT2D eigenvalue weighted by Crippen LogP contribution is -2.20. The standard InChI is InChI=1S/C21H16F3NO3/c22-21(23,24)15-7-6-10-17(13-15)27-14-20(26)25-18-11-4-5-12-19(18)28-16-8-2-1-3-9-16/h1-13H,14H2,(H,25,26). The van der Waals surface area contributed by atoms with Crippen LogP contribution in [0.1, 0.15) is 5.56 Å². The highest BCUT2D eigenvalue weighted by atomic mass is 19.4. The third-order valence-electron chi connectivity index (χ3n) is 3.66. The van der Waals surface area contributed by atoms with Crippen LogP contribution in [0.25, 0.3) is 0 Å². The van der Waals surface area contributed by atoms with E-state index in [2.05, 4.69) is 5.32 Å². The summed E-state index contributed by atoms with van der Waals surface area (Å²) >= 11 is 0. The van der Waals surface area contributed by atoms with Crippen LogP contribution in [0.4, 0.5) is 18.9 Å². The van der Waals surface area contributed by atoms with Gasteiger partial charge in [0.15, 0.2) is 12.4 Å². The highest BCUT2D eigenvalue weighted by Crippen LogP contribution is 2.31. The largest absolute Gasteiger partial charge is 0.484 e. The molecule has 0 fully saturated rings. The van der Waals surface area contributed by atoms with Crippen LogP contribution in [-0.2, 0) is 11.0 Å². The van der Waals surface area contributed by atoms with E-state index < -0.39 is 24.3 Å². The third kappa shape index (κ3) is 5.26. The average Bonchev–Trinajstić information content (AvgIpc) is 2.68. The van der Waals surface area contributed by atoms with Crippen LogP contribution in [0.3, 0.4) is 0 Å². The monoisotopic (exact) mass is 387 g/mol. The number of amides is 1. The number of halogens is 3. The Morgan fingerprint density at radius 2 is 1.54 bits per heavy atom. The molecule has 0 radical (unpaired) electrons. The smallest absolute Gasteiger partial charge is 0.416 e. The number of carbonyl (C=O) groups is 1. The molecule has 3 rings (SSSR count). The zero-order valence-corrected chi connectivity index (χ0v) is 14.6. The Hall–Kier alpha value is -3.48. The van der Waals surface area contributed by atoms with Crippen LogP contribution in [0.15, 0.2) is 78.9 Å². The van der Waals surface area contributed by atoms with E-state index in [0.717, 1.165) is 12.1 Å². The van der Waals surface area contributed by atoms with Crippen molar-refractivity contribution in [1.29, 1.82) is 0 Å². The number of benzene rings is 3. The second-order valence-corrected chi connectivity index (χ2v) is 5.77. The number of nitrogens with one attached hydrogen (secondary N) is 1. The summed E-state index contributed by atoms with van der Waals surface area (Å²) in [6.07, 6.45) is -4.48. The molecule has 28 heavy (non-hydrogen) atoms. The zero-order chi connectivity index (χ0) is 20.0. The molecule has 0 aliphatic heterocycles. The maximum absolute atomic E-state index is 12.7. The Bertz CT molecular complexity index is 943. The van der Waals surface area contributed by atoms with Gasteiger partial charge in [-0.15, -0.1) is 0 Å². The Balaban J connectivity index is 1.63. The van der Waals surface area contributed by atoms with Crippen LogP contribution in [0.2, 0.25) is 0 Å². The first kappa shape index (κ1) is 19.3. The van der Waals surface area contributed by atoms with Crippen molar-refractivity contribution in [1.82, 2.24) is 0 Å². The first-order valence-electron chi connectivity index (χ1n) is 8.34. The van der Waals surface area contributed by atoms with Gasteiger partial charge in [0, 0.05) is 0 Å². The first-order valence-corrected chi connectivity index (χ1v) is 8.34. The fourth-order valence-corrected chi connectivity index (χ4v) is 2.37. The highest BCUT2D eigenvalue weighted by molar-refractivity contribution is 5.93. The van der Waals surface area contributed by atoms with Gasteiger partial charge >= 0.3 is 6.18 Å². The van der Waals surface area contributed by atoms with E-state index in [9.17, 15) is 18.0 Å². The molecule has 1 amide bonds. The van der Waals surface area contributed by atoms with Crippen molar-refractivity contribution in [3.63, 3.8) is 0 Å². The van der Waals surface area contributed by atoms with Crippen molar-refractivity contribution in [2.24, 2.45) is 0 Å². The molecule has 0 bridgehead atoms. The van der Waals surface area contributed by atoms with Gasteiger partial charge in [0.25, 0.3) is 5.91 Å². The Morgan fingerprint density at radius 3 is 2.29 bits per heavy atom. The van der Waals surface area contributed by atoms with E-state index in [4.69, 9.17) is 9.47 Å². The van der Waals surface area contributed by atoms with Crippen LogP contribution in [-0.4, -0.2) is 12.5 Å². The Labute approximate surface area is 159 Å². The average molecular weight is 387 g/mol. The molecule has 0 saturated carbocycles. The molecule has 0 heterocycles. The van der Waals surface area contributed by atoms with Crippen LogP contribution in [0.5, 0.6) is 17.2 Å². The fourth-order valence-electron chi connectivity index (χ4n) is 2.37. The number of para-hydroxylation sites is 3. The molecular formula is C21H16F3NO3. The maximum Gasteiger partial charge on any atom is 0.416 e. The van der Waals surface area contributed by atoms with E-state index in [1.807, 2.05) is 18.2 Å².